The van der Waals surface area contributed by atoms with Gasteiger partial charge in [-0.15, -0.1) is 0 Å². The van der Waals surface area contributed by atoms with Crippen LogP contribution in [0, 0.1) is 28.6 Å². The van der Waals surface area contributed by atoms with Crippen LogP contribution in [0.2, 0.25) is 0 Å². The molecule has 2 unspecified atom stereocenters. The lowest BCUT2D eigenvalue weighted by Crippen LogP contribution is -2.43. The minimum Gasteiger partial charge on any atom is -0.311 e. The van der Waals surface area contributed by atoms with Crippen molar-refractivity contribution >= 4 is 11.6 Å². The molecule has 2 rings (SSSR count). The maximum absolute atomic E-state index is 12.5. The highest BCUT2D eigenvalue weighted by molar-refractivity contribution is 5.97. The van der Waals surface area contributed by atoms with E-state index in [1.165, 1.54) is 0 Å². The van der Waals surface area contributed by atoms with E-state index in [4.69, 9.17) is 10.5 Å². The van der Waals surface area contributed by atoms with Crippen LogP contribution in [0.15, 0.2) is 24.3 Å². The fourth-order valence-corrected chi connectivity index (χ4v) is 2.28. The van der Waals surface area contributed by atoms with Gasteiger partial charge in [-0.1, -0.05) is 6.92 Å². The Bertz CT molecular complexity index is 567. The highest BCUT2D eigenvalue weighted by Gasteiger charge is 2.29. The van der Waals surface area contributed by atoms with Crippen molar-refractivity contribution in [3.63, 3.8) is 0 Å². The van der Waals surface area contributed by atoms with E-state index in [0.717, 1.165) is 5.69 Å². The van der Waals surface area contributed by atoms with Gasteiger partial charge in [0, 0.05) is 18.8 Å². The molecule has 1 aromatic rings. The molecule has 1 fully saturated rings. The molecule has 1 N–H and O–H groups in total. The van der Waals surface area contributed by atoms with Crippen LogP contribution in [-0.4, -0.2) is 25.0 Å². The molecule has 5 nitrogen and oxygen atoms in total. The van der Waals surface area contributed by atoms with Crippen LogP contribution in [0.3, 0.4) is 0 Å². The fraction of sp³-hybridized carbons (Fsp3) is 0.400. The van der Waals surface area contributed by atoms with Crippen LogP contribution in [0.1, 0.15) is 18.9 Å². The Balaban J connectivity index is 2.28. The minimum absolute atomic E-state index is 0.0828. The topological polar surface area (TPSA) is 79.9 Å². The summed E-state index contributed by atoms with van der Waals surface area (Å²) in [6.45, 7) is 3.39. The smallest absolute Gasteiger partial charge is 0.245 e. The third kappa shape index (κ3) is 2.96. The van der Waals surface area contributed by atoms with E-state index >= 15 is 0 Å². The third-order valence-electron chi connectivity index (χ3n) is 3.37. The number of nitrogens with one attached hydrogen (secondary N) is 1. The fourth-order valence-electron chi connectivity index (χ4n) is 2.28. The van der Waals surface area contributed by atoms with Crippen LogP contribution < -0.4 is 10.2 Å². The summed E-state index contributed by atoms with van der Waals surface area (Å²) in [6.07, 6.45) is 0.165. The summed E-state index contributed by atoms with van der Waals surface area (Å²) in [7, 11) is 0. The Morgan fingerprint density at radius 3 is 2.65 bits per heavy atom. The first-order valence-corrected chi connectivity index (χ1v) is 6.57. The zero-order chi connectivity index (χ0) is 14.5. The van der Waals surface area contributed by atoms with Crippen molar-refractivity contribution < 1.29 is 4.79 Å². The van der Waals surface area contributed by atoms with E-state index in [1.807, 2.05) is 6.07 Å². The van der Waals surface area contributed by atoms with E-state index in [1.54, 1.807) is 29.2 Å². The lowest BCUT2D eigenvalue weighted by Gasteiger charge is -2.24. The SMILES string of the molecule is CC1CNC(CC#N)C(=O)N(c2ccc(C#N)cc2)C1. The molecule has 0 spiro atoms. The van der Waals surface area contributed by atoms with E-state index in [2.05, 4.69) is 18.3 Å². The van der Waals surface area contributed by atoms with Gasteiger partial charge in [-0.25, -0.2) is 0 Å². The van der Waals surface area contributed by atoms with Gasteiger partial charge in [0.05, 0.1) is 24.1 Å². The zero-order valence-corrected chi connectivity index (χ0v) is 11.3. The summed E-state index contributed by atoms with van der Waals surface area (Å²) in [5.74, 6) is 0.221. The molecule has 0 saturated carbocycles. The molecule has 1 amide bonds. The molecule has 0 bridgehead atoms. The standard InChI is InChI=1S/C15H16N4O/c1-11-9-18-14(6-7-16)15(20)19(10-11)13-4-2-12(8-17)3-5-13/h2-5,11,14,18H,6,9-10H2,1H3. The first-order valence-electron chi connectivity index (χ1n) is 6.57. The Labute approximate surface area is 118 Å². The normalized spacial score (nSPS) is 22.8. The second-order valence-electron chi connectivity index (χ2n) is 5.04. The zero-order valence-electron chi connectivity index (χ0n) is 11.3. The monoisotopic (exact) mass is 268 g/mol. The molecule has 1 aliphatic heterocycles. The van der Waals surface area contributed by atoms with Gasteiger partial charge in [0.15, 0.2) is 0 Å². The number of carbonyl (C=O) groups excluding carboxylic acids is 1. The largest absolute Gasteiger partial charge is 0.311 e. The van der Waals surface area contributed by atoms with Crippen molar-refractivity contribution in [3.05, 3.63) is 29.8 Å². The molecule has 5 heteroatoms. The van der Waals surface area contributed by atoms with Gasteiger partial charge < -0.3 is 10.2 Å². The minimum atomic E-state index is -0.458. The molecule has 20 heavy (non-hydrogen) atoms. The number of amides is 1. The Hall–Kier alpha value is -2.37. The van der Waals surface area contributed by atoms with E-state index in [0.29, 0.717) is 24.6 Å². The van der Waals surface area contributed by atoms with Crippen LogP contribution >= 0.6 is 0 Å². The van der Waals surface area contributed by atoms with Crippen molar-refractivity contribution in [2.45, 2.75) is 19.4 Å². The number of hydrogen-bond acceptors (Lipinski definition) is 4. The lowest BCUT2D eigenvalue weighted by molar-refractivity contribution is -0.120. The first-order chi connectivity index (χ1) is 9.65. The van der Waals surface area contributed by atoms with Crippen molar-refractivity contribution in [1.82, 2.24) is 5.32 Å². The number of carbonyl (C=O) groups is 1. The number of anilines is 1. The average molecular weight is 268 g/mol. The van der Waals surface area contributed by atoms with Gasteiger partial charge in [0.2, 0.25) is 5.91 Å². The third-order valence-corrected chi connectivity index (χ3v) is 3.37. The van der Waals surface area contributed by atoms with Crippen LogP contribution in [0.5, 0.6) is 0 Å². The number of nitrogens with zero attached hydrogens (tertiary/aromatic N) is 3. The summed E-state index contributed by atoms with van der Waals surface area (Å²) in [6, 6.07) is 10.6. The quantitative estimate of drug-likeness (QED) is 0.879. The molecular formula is C15H16N4O. The first kappa shape index (κ1) is 14.0. The van der Waals surface area contributed by atoms with Crippen molar-refractivity contribution in [2.75, 3.05) is 18.0 Å². The second kappa shape index (κ2) is 6.18. The molecule has 1 saturated heterocycles. The summed E-state index contributed by atoms with van der Waals surface area (Å²) in [5, 5.41) is 20.8. The van der Waals surface area contributed by atoms with Gasteiger partial charge in [-0.3, -0.25) is 4.79 Å². The summed E-state index contributed by atoms with van der Waals surface area (Å²) in [4.78, 5) is 14.2. The summed E-state index contributed by atoms with van der Waals surface area (Å²) in [5.41, 5.74) is 1.34. The van der Waals surface area contributed by atoms with Crippen molar-refractivity contribution in [2.24, 2.45) is 5.92 Å². The van der Waals surface area contributed by atoms with Gasteiger partial charge in [-0.2, -0.15) is 10.5 Å². The number of nitriles is 2. The second-order valence-corrected chi connectivity index (χ2v) is 5.04. The number of hydrogen-bond donors (Lipinski definition) is 1. The van der Waals surface area contributed by atoms with Gasteiger partial charge in [0.1, 0.15) is 6.04 Å². The van der Waals surface area contributed by atoms with E-state index < -0.39 is 6.04 Å². The highest BCUT2D eigenvalue weighted by atomic mass is 16.2. The maximum atomic E-state index is 12.5. The van der Waals surface area contributed by atoms with E-state index in [-0.39, 0.29) is 12.3 Å². The molecule has 0 aliphatic carbocycles. The predicted molar refractivity (Wildman–Crippen MR) is 74.7 cm³/mol. The molecule has 1 aliphatic rings. The molecule has 0 aromatic heterocycles. The Morgan fingerprint density at radius 1 is 1.35 bits per heavy atom. The molecule has 1 aromatic carbocycles. The molecular weight excluding hydrogens is 252 g/mol. The van der Waals surface area contributed by atoms with Gasteiger partial charge in [-0.05, 0) is 30.2 Å². The lowest BCUT2D eigenvalue weighted by atomic mass is 10.1. The molecule has 102 valence electrons. The van der Waals surface area contributed by atoms with Crippen LogP contribution in [-0.2, 0) is 4.79 Å². The average Bonchev–Trinajstić information content (AvgIpc) is 2.61. The van der Waals surface area contributed by atoms with Gasteiger partial charge in [0.25, 0.3) is 0 Å². The summed E-state index contributed by atoms with van der Waals surface area (Å²) < 4.78 is 0. The molecule has 0 radical (unpaired) electrons. The Kier molecular flexibility index (Phi) is 4.34. The maximum Gasteiger partial charge on any atom is 0.245 e. The predicted octanol–water partition coefficient (Wildman–Crippen LogP) is 1.41. The number of rotatable bonds is 2. The summed E-state index contributed by atoms with van der Waals surface area (Å²) >= 11 is 0. The Morgan fingerprint density at radius 2 is 2.05 bits per heavy atom. The van der Waals surface area contributed by atoms with Gasteiger partial charge >= 0.3 is 0 Å². The van der Waals surface area contributed by atoms with E-state index in [9.17, 15) is 4.79 Å². The van der Waals surface area contributed by atoms with Crippen LogP contribution in [0.4, 0.5) is 5.69 Å². The number of benzene rings is 1. The van der Waals surface area contributed by atoms with Crippen molar-refractivity contribution in [1.29, 1.82) is 10.5 Å². The molecule has 1 heterocycles. The highest BCUT2D eigenvalue weighted by Crippen LogP contribution is 2.20. The van der Waals surface area contributed by atoms with Crippen LogP contribution in [0.25, 0.3) is 0 Å². The van der Waals surface area contributed by atoms with Crippen molar-refractivity contribution in [3.8, 4) is 12.1 Å². The molecule has 2 atom stereocenters.